The van der Waals surface area contributed by atoms with E-state index in [1.807, 2.05) is 41.3 Å². The van der Waals surface area contributed by atoms with Crippen LogP contribution >= 0.6 is 22.6 Å². The molecule has 1 amide bonds. The Bertz CT molecular complexity index is 745. The van der Waals surface area contributed by atoms with Gasteiger partial charge in [0.1, 0.15) is 0 Å². The molecule has 1 aliphatic rings. The zero-order valence-corrected chi connectivity index (χ0v) is 15.3. The van der Waals surface area contributed by atoms with Crippen molar-refractivity contribution >= 4 is 28.5 Å². The van der Waals surface area contributed by atoms with Crippen LogP contribution < -0.4 is 9.47 Å². The lowest BCUT2D eigenvalue weighted by Crippen LogP contribution is -2.36. The summed E-state index contributed by atoms with van der Waals surface area (Å²) in [5.74, 6) is 1.52. The van der Waals surface area contributed by atoms with Crippen molar-refractivity contribution < 1.29 is 14.3 Å². The SMILES string of the molecule is COc1cc2c(cc1OC)CN(C(=O)c1cccc(I)c1)CC2. The molecule has 0 radical (unpaired) electrons. The summed E-state index contributed by atoms with van der Waals surface area (Å²) in [6.07, 6.45) is 0.825. The highest BCUT2D eigenvalue weighted by Gasteiger charge is 2.23. The van der Waals surface area contributed by atoms with Crippen LogP contribution in [-0.2, 0) is 13.0 Å². The number of fused-ring (bicyclic) bond motifs is 1. The largest absolute Gasteiger partial charge is 0.493 e. The number of carbonyl (C=O) groups is 1. The van der Waals surface area contributed by atoms with E-state index in [0.717, 1.165) is 26.9 Å². The van der Waals surface area contributed by atoms with Gasteiger partial charge in [0, 0.05) is 22.2 Å². The molecule has 0 N–H and O–H groups in total. The van der Waals surface area contributed by atoms with Crippen LogP contribution in [0.3, 0.4) is 0 Å². The van der Waals surface area contributed by atoms with Gasteiger partial charge in [-0.15, -0.1) is 0 Å². The predicted molar refractivity (Wildman–Crippen MR) is 97.1 cm³/mol. The third-order valence-electron chi connectivity index (χ3n) is 4.08. The van der Waals surface area contributed by atoms with Gasteiger partial charge in [-0.25, -0.2) is 0 Å². The van der Waals surface area contributed by atoms with Crippen molar-refractivity contribution in [1.82, 2.24) is 4.90 Å². The molecule has 2 aromatic rings. The molecule has 0 unspecified atom stereocenters. The standard InChI is InChI=1S/C18H18INO3/c1-22-16-9-12-6-7-20(11-14(12)10-17(16)23-2)18(21)13-4-3-5-15(19)8-13/h3-5,8-10H,6-7,11H2,1-2H3. The molecule has 23 heavy (non-hydrogen) atoms. The summed E-state index contributed by atoms with van der Waals surface area (Å²) in [6, 6.07) is 11.7. The summed E-state index contributed by atoms with van der Waals surface area (Å²) < 4.78 is 11.8. The molecular formula is C18H18INO3. The Balaban J connectivity index is 1.86. The average Bonchev–Trinajstić information content (AvgIpc) is 2.59. The van der Waals surface area contributed by atoms with Gasteiger partial charge in [0.05, 0.1) is 14.2 Å². The van der Waals surface area contributed by atoms with Crippen LogP contribution in [0.2, 0.25) is 0 Å². The minimum absolute atomic E-state index is 0.0731. The number of benzene rings is 2. The molecule has 1 aliphatic heterocycles. The lowest BCUT2D eigenvalue weighted by molar-refractivity contribution is 0.0734. The highest BCUT2D eigenvalue weighted by atomic mass is 127. The van der Waals surface area contributed by atoms with E-state index in [-0.39, 0.29) is 5.91 Å². The van der Waals surface area contributed by atoms with Gasteiger partial charge in [-0.3, -0.25) is 4.79 Å². The molecule has 0 fully saturated rings. The third-order valence-corrected chi connectivity index (χ3v) is 4.75. The first-order valence-corrected chi connectivity index (χ1v) is 8.49. The molecule has 2 aromatic carbocycles. The maximum Gasteiger partial charge on any atom is 0.254 e. The van der Waals surface area contributed by atoms with E-state index in [1.165, 1.54) is 5.56 Å². The fourth-order valence-electron chi connectivity index (χ4n) is 2.86. The molecule has 5 heteroatoms. The van der Waals surface area contributed by atoms with Gasteiger partial charge in [-0.1, -0.05) is 6.07 Å². The average molecular weight is 423 g/mol. The fourth-order valence-corrected chi connectivity index (χ4v) is 3.40. The maximum atomic E-state index is 12.7. The Morgan fingerprint density at radius 2 is 1.78 bits per heavy atom. The van der Waals surface area contributed by atoms with Crippen molar-refractivity contribution in [2.45, 2.75) is 13.0 Å². The van der Waals surface area contributed by atoms with Crippen LogP contribution in [0.1, 0.15) is 21.5 Å². The summed E-state index contributed by atoms with van der Waals surface area (Å²) >= 11 is 2.23. The summed E-state index contributed by atoms with van der Waals surface area (Å²) in [5.41, 5.74) is 3.07. The van der Waals surface area contributed by atoms with Gasteiger partial charge in [0.15, 0.2) is 11.5 Å². The second-order valence-electron chi connectivity index (χ2n) is 5.46. The van der Waals surface area contributed by atoms with E-state index in [4.69, 9.17) is 9.47 Å². The molecule has 0 aliphatic carbocycles. The first kappa shape index (κ1) is 16.1. The van der Waals surface area contributed by atoms with Crippen molar-refractivity contribution in [1.29, 1.82) is 0 Å². The highest BCUT2D eigenvalue weighted by molar-refractivity contribution is 14.1. The molecule has 0 atom stereocenters. The maximum absolute atomic E-state index is 12.7. The number of rotatable bonds is 3. The summed E-state index contributed by atoms with van der Waals surface area (Å²) in [7, 11) is 3.27. The predicted octanol–water partition coefficient (Wildman–Crippen LogP) is 3.51. The van der Waals surface area contributed by atoms with Crippen LogP contribution in [0.4, 0.5) is 0 Å². The third kappa shape index (κ3) is 3.29. The van der Waals surface area contributed by atoms with Crippen LogP contribution in [-0.4, -0.2) is 31.6 Å². The normalized spacial score (nSPS) is 13.4. The smallest absolute Gasteiger partial charge is 0.254 e. The topological polar surface area (TPSA) is 38.8 Å². The molecule has 120 valence electrons. The Labute approximate surface area is 149 Å². The second-order valence-corrected chi connectivity index (χ2v) is 6.71. The van der Waals surface area contributed by atoms with E-state index in [2.05, 4.69) is 22.6 Å². The molecule has 1 heterocycles. The molecular weight excluding hydrogens is 405 g/mol. The van der Waals surface area contributed by atoms with Crippen LogP contribution in [0, 0.1) is 3.57 Å². The monoisotopic (exact) mass is 423 g/mol. The summed E-state index contributed by atoms with van der Waals surface area (Å²) in [5, 5.41) is 0. The molecule has 0 saturated carbocycles. The molecule has 3 rings (SSSR count). The Morgan fingerprint density at radius 1 is 1.09 bits per heavy atom. The Morgan fingerprint density at radius 3 is 2.43 bits per heavy atom. The Kier molecular flexibility index (Phi) is 4.75. The number of amides is 1. The van der Waals surface area contributed by atoms with Crippen LogP contribution in [0.15, 0.2) is 36.4 Å². The molecule has 0 saturated heterocycles. The highest BCUT2D eigenvalue weighted by Crippen LogP contribution is 2.33. The lowest BCUT2D eigenvalue weighted by atomic mass is 9.98. The number of nitrogens with zero attached hydrogens (tertiary/aromatic N) is 1. The molecule has 4 nitrogen and oxygen atoms in total. The van der Waals surface area contributed by atoms with E-state index >= 15 is 0 Å². The fraction of sp³-hybridized carbons (Fsp3) is 0.278. The minimum atomic E-state index is 0.0731. The van der Waals surface area contributed by atoms with E-state index < -0.39 is 0 Å². The first-order valence-electron chi connectivity index (χ1n) is 7.41. The van der Waals surface area contributed by atoms with Crippen molar-refractivity contribution in [3.05, 3.63) is 56.7 Å². The van der Waals surface area contributed by atoms with Crippen molar-refractivity contribution in [3.8, 4) is 11.5 Å². The summed E-state index contributed by atoms with van der Waals surface area (Å²) in [4.78, 5) is 14.6. The lowest BCUT2D eigenvalue weighted by Gasteiger charge is -2.29. The van der Waals surface area contributed by atoms with Gasteiger partial charge in [0.2, 0.25) is 0 Å². The van der Waals surface area contributed by atoms with Crippen LogP contribution in [0.5, 0.6) is 11.5 Å². The van der Waals surface area contributed by atoms with E-state index in [9.17, 15) is 4.79 Å². The quantitative estimate of drug-likeness (QED) is 0.710. The number of hydrogen-bond donors (Lipinski definition) is 0. The Hall–Kier alpha value is -1.76. The van der Waals surface area contributed by atoms with Gasteiger partial charge < -0.3 is 14.4 Å². The van der Waals surface area contributed by atoms with Crippen molar-refractivity contribution in [2.24, 2.45) is 0 Å². The zero-order chi connectivity index (χ0) is 16.4. The van der Waals surface area contributed by atoms with Gasteiger partial charge in [-0.05, 0) is 70.5 Å². The minimum Gasteiger partial charge on any atom is -0.493 e. The van der Waals surface area contributed by atoms with Gasteiger partial charge >= 0.3 is 0 Å². The molecule has 0 bridgehead atoms. The number of ether oxygens (including phenoxy) is 2. The number of halogens is 1. The number of methoxy groups -OCH3 is 2. The first-order chi connectivity index (χ1) is 11.1. The van der Waals surface area contributed by atoms with Crippen molar-refractivity contribution in [2.75, 3.05) is 20.8 Å². The number of carbonyl (C=O) groups excluding carboxylic acids is 1. The van der Waals surface area contributed by atoms with Gasteiger partial charge in [0.25, 0.3) is 5.91 Å². The van der Waals surface area contributed by atoms with E-state index in [1.54, 1.807) is 14.2 Å². The molecule has 0 spiro atoms. The van der Waals surface area contributed by atoms with Gasteiger partial charge in [-0.2, -0.15) is 0 Å². The molecule has 0 aromatic heterocycles. The van der Waals surface area contributed by atoms with Crippen molar-refractivity contribution in [3.63, 3.8) is 0 Å². The number of hydrogen-bond acceptors (Lipinski definition) is 3. The zero-order valence-electron chi connectivity index (χ0n) is 13.1. The van der Waals surface area contributed by atoms with Crippen LogP contribution in [0.25, 0.3) is 0 Å². The summed E-state index contributed by atoms with van der Waals surface area (Å²) in [6.45, 7) is 1.31. The van der Waals surface area contributed by atoms with E-state index in [0.29, 0.717) is 18.8 Å². The second kappa shape index (κ2) is 6.78.